The van der Waals surface area contributed by atoms with E-state index in [4.69, 9.17) is 10.2 Å². The predicted molar refractivity (Wildman–Crippen MR) is 150 cm³/mol. The van der Waals surface area contributed by atoms with Crippen LogP contribution in [0.1, 0.15) is 30.5 Å². The van der Waals surface area contributed by atoms with Gasteiger partial charge in [-0.15, -0.1) is 0 Å². The number of aromatic nitrogens is 2. The second-order valence-electron chi connectivity index (χ2n) is 10.2. The Morgan fingerprint density at radius 1 is 0.622 bits per heavy atom. The van der Waals surface area contributed by atoms with E-state index in [9.17, 15) is 0 Å². The highest BCUT2D eigenvalue weighted by atomic mass is 14.7. The number of fused-ring (bicyclic) bond motifs is 6. The van der Waals surface area contributed by atoms with Gasteiger partial charge in [-0.2, -0.15) is 5.26 Å². The van der Waals surface area contributed by atoms with Gasteiger partial charge in [-0.3, -0.25) is 9.97 Å². The van der Waals surface area contributed by atoms with Gasteiger partial charge >= 0.3 is 0 Å². The lowest BCUT2D eigenvalue weighted by atomic mass is 9.80. The van der Waals surface area contributed by atoms with Gasteiger partial charge in [0.05, 0.1) is 22.7 Å². The second-order valence-corrected chi connectivity index (χ2v) is 10.2. The van der Waals surface area contributed by atoms with Crippen LogP contribution in [-0.2, 0) is 5.41 Å². The lowest BCUT2D eigenvalue weighted by Crippen LogP contribution is -2.15. The van der Waals surface area contributed by atoms with Crippen molar-refractivity contribution in [1.82, 2.24) is 9.97 Å². The predicted octanol–water partition coefficient (Wildman–Crippen LogP) is 8.29. The molecule has 6 aromatic rings. The third kappa shape index (κ3) is 3.20. The maximum Gasteiger partial charge on any atom is 0.0991 e. The lowest BCUT2D eigenvalue weighted by molar-refractivity contribution is 0.661. The summed E-state index contributed by atoms with van der Waals surface area (Å²) in [4.78, 5) is 9.31. The molecule has 3 heteroatoms. The van der Waals surface area contributed by atoms with Crippen molar-refractivity contribution < 1.29 is 0 Å². The first-order chi connectivity index (χ1) is 18.0. The van der Waals surface area contributed by atoms with Crippen LogP contribution in [0.25, 0.3) is 55.2 Å². The molecule has 2 aromatic heterocycles. The van der Waals surface area contributed by atoms with Crippen LogP contribution < -0.4 is 0 Å². The Kier molecular flexibility index (Phi) is 4.55. The number of nitrogens with zero attached hydrogens (tertiary/aromatic N) is 3. The van der Waals surface area contributed by atoms with Gasteiger partial charge in [0.1, 0.15) is 0 Å². The molecule has 0 fully saturated rings. The van der Waals surface area contributed by atoms with E-state index in [0.717, 1.165) is 27.4 Å². The van der Waals surface area contributed by atoms with Crippen molar-refractivity contribution in [1.29, 1.82) is 5.26 Å². The molecule has 0 spiro atoms. The van der Waals surface area contributed by atoms with Crippen LogP contribution in [0.2, 0.25) is 0 Å². The minimum absolute atomic E-state index is 0.143. The monoisotopic (exact) mass is 473 g/mol. The quantitative estimate of drug-likeness (QED) is 0.238. The van der Waals surface area contributed by atoms with Crippen LogP contribution >= 0.6 is 0 Å². The molecule has 0 N–H and O–H groups in total. The van der Waals surface area contributed by atoms with Gasteiger partial charge < -0.3 is 0 Å². The summed E-state index contributed by atoms with van der Waals surface area (Å²) in [7, 11) is 0. The number of nitriles is 1. The van der Waals surface area contributed by atoms with E-state index >= 15 is 0 Å². The Hall–Kier alpha value is -4.81. The van der Waals surface area contributed by atoms with Crippen molar-refractivity contribution in [2.24, 2.45) is 0 Å². The SMILES string of the molecule is CC1(C)c2cc(-c3ccc(C#N)cc3)ccc2-c2ccc(-c3cc4cccnc4c4ncccc34)cc21. The average molecular weight is 474 g/mol. The number of rotatable bonds is 2. The van der Waals surface area contributed by atoms with E-state index in [1.54, 1.807) is 0 Å². The van der Waals surface area contributed by atoms with Crippen LogP contribution in [0.15, 0.2) is 103 Å². The van der Waals surface area contributed by atoms with Crippen LogP contribution in [-0.4, -0.2) is 9.97 Å². The fourth-order valence-electron chi connectivity index (χ4n) is 5.84. The molecule has 1 aliphatic carbocycles. The van der Waals surface area contributed by atoms with Gasteiger partial charge in [0.15, 0.2) is 0 Å². The Bertz CT molecular complexity index is 1910. The molecule has 0 atom stereocenters. The van der Waals surface area contributed by atoms with Gasteiger partial charge in [-0.05, 0) is 87.0 Å². The van der Waals surface area contributed by atoms with Crippen molar-refractivity contribution in [3.63, 3.8) is 0 Å². The number of pyridine rings is 2. The fraction of sp³-hybridized carbons (Fsp3) is 0.0882. The van der Waals surface area contributed by atoms with Crippen molar-refractivity contribution >= 4 is 21.8 Å². The summed E-state index contributed by atoms with van der Waals surface area (Å²) in [6.07, 6.45) is 3.67. The minimum Gasteiger partial charge on any atom is -0.254 e. The number of hydrogen-bond acceptors (Lipinski definition) is 3. The summed E-state index contributed by atoms with van der Waals surface area (Å²) in [6.45, 7) is 4.63. The highest BCUT2D eigenvalue weighted by molar-refractivity contribution is 6.10. The number of hydrogen-bond donors (Lipinski definition) is 0. The molecule has 0 unspecified atom stereocenters. The molecular weight excluding hydrogens is 450 g/mol. The van der Waals surface area contributed by atoms with E-state index in [1.807, 2.05) is 48.8 Å². The van der Waals surface area contributed by atoms with Crippen molar-refractivity contribution in [2.75, 3.05) is 0 Å². The van der Waals surface area contributed by atoms with Crippen LogP contribution in [0, 0.1) is 11.3 Å². The van der Waals surface area contributed by atoms with E-state index < -0.39 is 0 Å². The van der Waals surface area contributed by atoms with Gasteiger partial charge in [0.25, 0.3) is 0 Å². The first kappa shape index (κ1) is 21.5. The van der Waals surface area contributed by atoms with Crippen molar-refractivity contribution in [3.05, 3.63) is 120 Å². The van der Waals surface area contributed by atoms with E-state index in [0.29, 0.717) is 5.56 Å². The van der Waals surface area contributed by atoms with Gasteiger partial charge in [-0.1, -0.05) is 62.4 Å². The topological polar surface area (TPSA) is 49.6 Å². The molecule has 2 heterocycles. The molecule has 0 saturated heterocycles. The fourth-order valence-corrected chi connectivity index (χ4v) is 5.84. The first-order valence-electron chi connectivity index (χ1n) is 12.5. The molecule has 0 saturated carbocycles. The summed E-state index contributed by atoms with van der Waals surface area (Å²) < 4.78 is 0. The molecule has 0 bridgehead atoms. The van der Waals surface area contributed by atoms with Gasteiger partial charge in [0.2, 0.25) is 0 Å². The van der Waals surface area contributed by atoms with Crippen LogP contribution in [0.3, 0.4) is 0 Å². The molecule has 0 aliphatic heterocycles. The zero-order valence-electron chi connectivity index (χ0n) is 20.7. The summed E-state index contributed by atoms with van der Waals surface area (Å²) in [5.41, 5.74) is 12.3. The molecule has 0 radical (unpaired) electrons. The molecule has 7 rings (SSSR count). The Balaban J connectivity index is 1.38. The standard InChI is InChI=1S/C34H23N3/c1-34(2)30-18-23(22-9-7-21(20-35)8-10-22)11-13-26(30)27-14-12-24(19-31(27)34)29-17-25-5-3-15-36-32(25)33-28(29)6-4-16-37-33/h3-19H,1-2H3. The van der Waals surface area contributed by atoms with E-state index in [1.165, 1.54) is 38.9 Å². The lowest BCUT2D eigenvalue weighted by Gasteiger charge is -2.23. The summed E-state index contributed by atoms with van der Waals surface area (Å²) in [5, 5.41) is 11.4. The van der Waals surface area contributed by atoms with Crippen molar-refractivity contribution in [2.45, 2.75) is 19.3 Å². The van der Waals surface area contributed by atoms with Gasteiger partial charge in [-0.25, -0.2) is 0 Å². The highest BCUT2D eigenvalue weighted by Crippen LogP contribution is 2.51. The second kappa shape index (κ2) is 7.85. The zero-order chi connectivity index (χ0) is 25.1. The Labute approximate surface area is 215 Å². The van der Waals surface area contributed by atoms with Crippen LogP contribution in [0.4, 0.5) is 0 Å². The normalized spacial score (nSPS) is 13.3. The smallest absolute Gasteiger partial charge is 0.0991 e. The molecule has 0 amide bonds. The largest absolute Gasteiger partial charge is 0.254 e. The molecular formula is C34H23N3. The molecule has 4 aromatic carbocycles. The van der Waals surface area contributed by atoms with Gasteiger partial charge in [0, 0.05) is 28.6 Å². The van der Waals surface area contributed by atoms with Crippen LogP contribution in [0.5, 0.6) is 0 Å². The van der Waals surface area contributed by atoms with E-state index in [2.05, 4.69) is 79.5 Å². The number of benzene rings is 4. The average Bonchev–Trinajstić information content (AvgIpc) is 3.18. The molecule has 174 valence electrons. The maximum atomic E-state index is 9.15. The third-order valence-electron chi connectivity index (χ3n) is 7.80. The first-order valence-corrected chi connectivity index (χ1v) is 12.5. The minimum atomic E-state index is -0.143. The third-order valence-corrected chi connectivity index (χ3v) is 7.80. The van der Waals surface area contributed by atoms with Crippen molar-refractivity contribution in [3.8, 4) is 39.4 Å². The molecule has 1 aliphatic rings. The van der Waals surface area contributed by atoms with E-state index in [-0.39, 0.29) is 5.41 Å². The Morgan fingerprint density at radius 2 is 1.24 bits per heavy atom. The highest BCUT2D eigenvalue weighted by Gasteiger charge is 2.36. The zero-order valence-corrected chi connectivity index (χ0v) is 20.7. The summed E-state index contributed by atoms with van der Waals surface area (Å²) in [5.74, 6) is 0. The Morgan fingerprint density at radius 3 is 1.97 bits per heavy atom. The molecule has 37 heavy (non-hydrogen) atoms. The maximum absolute atomic E-state index is 9.15. The molecule has 3 nitrogen and oxygen atoms in total. The summed E-state index contributed by atoms with van der Waals surface area (Å²) in [6, 6.07) is 34.1. The summed E-state index contributed by atoms with van der Waals surface area (Å²) >= 11 is 0.